The number of Topliss-reactive ketones (excluding diaryl/α,β-unsaturated/α-hetero) is 1. The molecule has 0 amide bonds. The number of hydrogen-bond donors (Lipinski definition) is 5. The summed E-state index contributed by atoms with van der Waals surface area (Å²) in [5.41, 5.74) is -3.43. The standard InChI is InChI=1S/C29H40O7/c1-15-16-8-9-20-26(4)13-19(31)24(29(7,36)21(32)10-11-25(2,3)35)27(26,5)14-22(33)28(20,6)17(16)12-18(30)23(15)34/h10-12,19-20,24,30-31,34-36H,8-9,13-14H2,1-7H3/t19-,20+,24+,26+,27-,28+,29+/m1/s1. The Hall–Kier alpha value is -2.22. The second kappa shape index (κ2) is 7.89. The third-order valence-electron chi connectivity index (χ3n) is 10.2. The minimum atomic E-state index is -1.95. The number of fused-ring (bicyclic) bond motifs is 5. The molecule has 5 N–H and O–H groups in total. The summed E-state index contributed by atoms with van der Waals surface area (Å²) in [6.45, 7) is 12.0. The predicted octanol–water partition coefficient (Wildman–Crippen LogP) is 3.24. The molecule has 0 saturated heterocycles. The van der Waals surface area contributed by atoms with Gasteiger partial charge >= 0.3 is 0 Å². The number of carbonyl (C=O) groups excluding carboxylic acids is 2. The van der Waals surface area contributed by atoms with Gasteiger partial charge in [0.2, 0.25) is 0 Å². The fourth-order valence-electron chi connectivity index (χ4n) is 8.21. The van der Waals surface area contributed by atoms with Gasteiger partial charge in [-0.25, -0.2) is 0 Å². The summed E-state index contributed by atoms with van der Waals surface area (Å²) < 4.78 is 0. The summed E-state index contributed by atoms with van der Waals surface area (Å²) in [4.78, 5) is 27.2. The highest BCUT2D eigenvalue weighted by Crippen LogP contribution is 2.72. The zero-order valence-electron chi connectivity index (χ0n) is 22.3. The van der Waals surface area contributed by atoms with Crippen LogP contribution in [0.5, 0.6) is 11.5 Å². The number of hydrogen-bond acceptors (Lipinski definition) is 7. The molecule has 198 valence electrons. The average molecular weight is 501 g/mol. The van der Waals surface area contributed by atoms with E-state index >= 15 is 0 Å². The lowest BCUT2D eigenvalue weighted by Gasteiger charge is -2.61. The van der Waals surface area contributed by atoms with Crippen LogP contribution in [-0.4, -0.2) is 54.4 Å². The van der Waals surface area contributed by atoms with Crippen molar-refractivity contribution >= 4 is 11.6 Å². The minimum Gasteiger partial charge on any atom is -0.504 e. The summed E-state index contributed by atoms with van der Waals surface area (Å²) in [6.07, 6.45) is 3.09. The zero-order chi connectivity index (χ0) is 27.2. The topological polar surface area (TPSA) is 135 Å². The number of aromatic hydroxyl groups is 2. The molecule has 0 spiro atoms. The summed E-state index contributed by atoms with van der Waals surface area (Å²) in [7, 11) is 0. The molecule has 1 aromatic rings. The van der Waals surface area contributed by atoms with E-state index in [1.165, 1.54) is 32.9 Å². The Morgan fingerprint density at radius 1 is 1.11 bits per heavy atom. The molecule has 0 unspecified atom stereocenters. The van der Waals surface area contributed by atoms with Crippen molar-refractivity contribution in [1.29, 1.82) is 0 Å². The molecule has 1 aromatic carbocycles. The van der Waals surface area contributed by atoms with E-state index in [0.717, 1.165) is 11.6 Å². The van der Waals surface area contributed by atoms with Crippen molar-refractivity contribution in [3.05, 3.63) is 34.9 Å². The molecular formula is C29H40O7. The molecule has 0 radical (unpaired) electrons. The van der Waals surface area contributed by atoms with E-state index < -0.39 is 45.3 Å². The van der Waals surface area contributed by atoms with Crippen molar-refractivity contribution in [1.82, 2.24) is 0 Å². The summed E-state index contributed by atoms with van der Waals surface area (Å²) in [5, 5.41) is 53.7. The van der Waals surface area contributed by atoms with E-state index in [9.17, 15) is 35.1 Å². The van der Waals surface area contributed by atoms with Crippen LogP contribution in [0, 0.1) is 29.6 Å². The molecule has 7 nitrogen and oxygen atoms in total. The molecule has 2 fully saturated rings. The maximum absolute atomic E-state index is 14.1. The number of rotatable bonds is 4. The number of aliphatic hydroxyl groups is 3. The average Bonchev–Trinajstić information content (AvgIpc) is 2.95. The third-order valence-corrected chi connectivity index (χ3v) is 10.2. The molecule has 4 rings (SSSR count). The van der Waals surface area contributed by atoms with Crippen LogP contribution in [0.2, 0.25) is 0 Å². The van der Waals surface area contributed by atoms with Gasteiger partial charge in [0, 0.05) is 12.3 Å². The lowest BCUT2D eigenvalue weighted by Crippen LogP contribution is -2.63. The minimum absolute atomic E-state index is 0.0526. The lowest BCUT2D eigenvalue weighted by atomic mass is 9.41. The van der Waals surface area contributed by atoms with Gasteiger partial charge in [-0.15, -0.1) is 0 Å². The van der Waals surface area contributed by atoms with Gasteiger partial charge in [-0.2, -0.15) is 0 Å². The monoisotopic (exact) mass is 500 g/mol. The molecule has 0 heterocycles. The smallest absolute Gasteiger partial charge is 0.187 e. The Labute approximate surface area is 212 Å². The van der Waals surface area contributed by atoms with Crippen LogP contribution >= 0.6 is 0 Å². The molecule has 0 bridgehead atoms. The van der Waals surface area contributed by atoms with Gasteiger partial charge < -0.3 is 25.5 Å². The molecule has 7 heteroatoms. The van der Waals surface area contributed by atoms with Gasteiger partial charge in [0.15, 0.2) is 17.3 Å². The van der Waals surface area contributed by atoms with Gasteiger partial charge in [0.05, 0.1) is 17.1 Å². The highest BCUT2D eigenvalue weighted by atomic mass is 16.3. The van der Waals surface area contributed by atoms with E-state index in [1.54, 1.807) is 6.92 Å². The zero-order valence-corrected chi connectivity index (χ0v) is 22.3. The third kappa shape index (κ3) is 3.42. The summed E-state index contributed by atoms with van der Waals surface area (Å²) in [5.74, 6) is -2.20. The van der Waals surface area contributed by atoms with Gasteiger partial charge in [0.25, 0.3) is 0 Å². The Bertz CT molecular complexity index is 1160. The van der Waals surface area contributed by atoms with Crippen molar-refractivity contribution in [3.63, 3.8) is 0 Å². The van der Waals surface area contributed by atoms with Crippen molar-refractivity contribution in [2.75, 3.05) is 0 Å². The van der Waals surface area contributed by atoms with E-state index in [4.69, 9.17) is 0 Å². The van der Waals surface area contributed by atoms with Crippen LogP contribution in [0.1, 0.15) is 77.5 Å². The largest absolute Gasteiger partial charge is 0.504 e. The number of carbonyl (C=O) groups is 2. The van der Waals surface area contributed by atoms with Crippen molar-refractivity contribution in [3.8, 4) is 11.5 Å². The first-order valence-electron chi connectivity index (χ1n) is 12.8. The Kier molecular flexibility index (Phi) is 5.88. The van der Waals surface area contributed by atoms with Gasteiger partial charge in [-0.05, 0) is 99.5 Å². The van der Waals surface area contributed by atoms with E-state index in [-0.39, 0.29) is 29.6 Å². The van der Waals surface area contributed by atoms with Crippen LogP contribution < -0.4 is 0 Å². The number of phenolic OH excluding ortho intramolecular Hbond substituents is 2. The Balaban J connectivity index is 1.83. The van der Waals surface area contributed by atoms with E-state index in [2.05, 4.69) is 6.92 Å². The van der Waals surface area contributed by atoms with Crippen LogP contribution in [0.15, 0.2) is 18.2 Å². The number of aliphatic hydroxyl groups excluding tert-OH is 1. The van der Waals surface area contributed by atoms with Crippen molar-refractivity contribution in [2.45, 2.75) is 96.9 Å². The highest BCUT2D eigenvalue weighted by molar-refractivity contribution is 5.98. The van der Waals surface area contributed by atoms with Crippen molar-refractivity contribution < 1.29 is 35.1 Å². The van der Waals surface area contributed by atoms with Gasteiger partial charge in [-0.3, -0.25) is 9.59 Å². The quantitative estimate of drug-likeness (QED) is 0.316. The van der Waals surface area contributed by atoms with Gasteiger partial charge in [0.1, 0.15) is 11.4 Å². The number of ketones is 2. The summed E-state index contributed by atoms with van der Waals surface area (Å²) >= 11 is 0. The summed E-state index contributed by atoms with van der Waals surface area (Å²) in [6, 6.07) is 1.51. The normalized spacial score (nSPS) is 37.8. The van der Waals surface area contributed by atoms with Crippen LogP contribution in [0.4, 0.5) is 0 Å². The molecule has 36 heavy (non-hydrogen) atoms. The van der Waals surface area contributed by atoms with Gasteiger partial charge in [-0.1, -0.05) is 19.9 Å². The molecule has 3 aliphatic carbocycles. The Morgan fingerprint density at radius 3 is 2.31 bits per heavy atom. The highest BCUT2D eigenvalue weighted by Gasteiger charge is 2.73. The van der Waals surface area contributed by atoms with Crippen LogP contribution in [0.25, 0.3) is 0 Å². The fraction of sp³-hybridized carbons (Fsp3) is 0.655. The molecular weight excluding hydrogens is 460 g/mol. The van der Waals surface area contributed by atoms with E-state index in [1.807, 2.05) is 13.8 Å². The maximum atomic E-state index is 14.1. The van der Waals surface area contributed by atoms with Crippen molar-refractivity contribution in [2.24, 2.45) is 22.7 Å². The predicted molar refractivity (Wildman–Crippen MR) is 135 cm³/mol. The molecule has 7 atom stereocenters. The van der Waals surface area contributed by atoms with E-state index in [0.29, 0.717) is 30.4 Å². The molecule has 3 aliphatic rings. The lowest BCUT2D eigenvalue weighted by molar-refractivity contribution is -0.168. The second-order valence-corrected chi connectivity index (χ2v) is 12.9. The second-order valence-electron chi connectivity index (χ2n) is 12.9. The first-order valence-corrected chi connectivity index (χ1v) is 12.8. The number of benzene rings is 1. The van der Waals surface area contributed by atoms with Crippen LogP contribution in [0.3, 0.4) is 0 Å². The molecule has 0 aliphatic heterocycles. The first-order chi connectivity index (χ1) is 16.3. The molecule has 0 aromatic heterocycles. The maximum Gasteiger partial charge on any atom is 0.187 e. The first kappa shape index (κ1) is 26.8. The fourth-order valence-corrected chi connectivity index (χ4v) is 8.21. The number of phenols is 2. The van der Waals surface area contributed by atoms with Crippen LogP contribution in [-0.2, 0) is 21.4 Å². The SMILES string of the molecule is Cc1c(O)c(O)cc2c1CC[C@@H]1[C@@]2(C)C(=O)C[C@]2(C)[C@@H]([C@@](C)(O)C(=O)C=CC(C)(C)O)[C@H](O)C[C@@]12C. The molecule has 2 saturated carbocycles. The Morgan fingerprint density at radius 2 is 1.72 bits per heavy atom.